The zero-order chi connectivity index (χ0) is 11.5. The molecule has 2 rings (SSSR count). The molecule has 2 heterocycles. The molecule has 0 aliphatic carbocycles. The molecule has 0 fully saturated rings. The molecule has 0 spiro atoms. The van der Waals surface area contributed by atoms with Crippen molar-refractivity contribution in [2.75, 3.05) is 12.8 Å². The van der Waals surface area contributed by atoms with Crippen LogP contribution in [-0.4, -0.2) is 22.6 Å². The van der Waals surface area contributed by atoms with Gasteiger partial charge in [-0.3, -0.25) is 0 Å². The maximum absolute atomic E-state index is 11.3. The SMILES string of the molecule is COC(=O)c1ncn(Cc2ccsc2)c1N. The monoisotopic (exact) mass is 237 g/mol. The Morgan fingerprint density at radius 1 is 1.69 bits per heavy atom. The van der Waals surface area contributed by atoms with Crippen molar-refractivity contribution in [2.45, 2.75) is 6.54 Å². The number of methoxy groups -OCH3 is 1. The van der Waals surface area contributed by atoms with Crippen molar-refractivity contribution in [3.63, 3.8) is 0 Å². The minimum Gasteiger partial charge on any atom is -0.464 e. The average Bonchev–Trinajstić information content (AvgIpc) is 2.90. The normalized spacial score (nSPS) is 10.3. The summed E-state index contributed by atoms with van der Waals surface area (Å²) in [6.45, 7) is 0.610. The molecule has 5 nitrogen and oxygen atoms in total. The topological polar surface area (TPSA) is 70.1 Å². The molecule has 0 aliphatic rings. The average molecular weight is 237 g/mol. The first-order valence-electron chi connectivity index (χ1n) is 4.62. The molecular weight excluding hydrogens is 226 g/mol. The van der Waals surface area contributed by atoms with Gasteiger partial charge in [-0.25, -0.2) is 9.78 Å². The lowest BCUT2D eigenvalue weighted by molar-refractivity contribution is 0.0596. The number of anilines is 1. The number of esters is 1. The minimum atomic E-state index is -0.512. The summed E-state index contributed by atoms with van der Waals surface area (Å²) in [6, 6.07) is 2.00. The van der Waals surface area contributed by atoms with Crippen LogP contribution in [-0.2, 0) is 11.3 Å². The highest BCUT2D eigenvalue weighted by atomic mass is 32.1. The molecule has 0 radical (unpaired) electrons. The second kappa shape index (κ2) is 4.36. The number of nitrogens with two attached hydrogens (primary N) is 1. The Morgan fingerprint density at radius 2 is 2.50 bits per heavy atom. The maximum Gasteiger partial charge on any atom is 0.360 e. The van der Waals surface area contributed by atoms with Gasteiger partial charge in [0.15, 0.2) is 5.69 Å². The lowest BCUT2D eigenvalue weighted by Gasteiger charge is -2.03. The first kappa shape index (κ1) is 10.7. The highest BCUT2D eigenvalue weighted by Crippen LogP contribution is 2.15. The Bertz CT molecular complexity index is 490. The van der Waals surface area contributed by atoms with Crippen LogP contribution < -0.4 is 5.73 Å². The van der Waals surface area contributed by atoms with Crippen LogP contribution in [0.25, 0.3) is 0 Å². The molecule has 0 saturated carbocycles. The molecule has 16 heavy (non-hydrogen) atoms. The van der Waals surface area contributed by atoms with Gasteiger partial charge < -0.3 is 15.0 Å². The zero-order valence-corrected chi connectivity index (χ0v) is 9.53. The summed E-state index contributed by atoms with van der Waals surface area (Å²) in [5, 5.41) is 4.01. The number of aromatic nitrogens is 2. The molecule has 0 atom stereocenters. The fraction of sp³-hybridized carbons (Fsp3) is 0.200. The lowest BCUT2D eigenvalue weighted by Crippen LogP contribution is -2.08. The van der Waals surface area contributed by atoms with E-state index in [1.54, 1.807) is 22.2 Å². The number of imidazole rings is 1. The van der Waals surface area contributed by atoms with Gasteiger partial charge in [-0.2, -0.15) is 11.3 Å². The first-order valence-corrected chi connectivity index (χ1v) is 5.56. The Balaban J connectivity index is 2.23. The Kier molecular flexibility index (Phi) is 2.91. The van der Waals surface area contributed by atoms with E-state index in [4.69, 9.17) is 5.73 Å². The van der Waals surface area contributed by atoms with Gasteiger partial charge in [0, 0.05) is 0 Å². The maximum atomic E-state index is 11.3. The second-order valence-corrected chi connectivity index (χ2v) is 4.01. The van der Waals surface area contributed by atoms with Crippen LogP contribution in [0, 0.1) is 0 Å². The van der Waals surface area contributed by atoms with Crippen molar-refractivity contribution < 1.29 is 9.53 Å². The van der Waals surface area contributed by atoms with E-state index in [-0.39, 0.29) is 5.69 Å². The number of carbonyl (C=O) groups is 1. The van der Waals surface area contributed by atoms with E-state index < -0.39 is 5.97 Å². The molecule has 0 aromatic carbocycles. The largest absolute Gasteiger partial charge is 0.464 e. The zero-order valence-electron chi connectivity index (χ0n) is 8.71. The molecule has 0 amide bonds. The number of rotatable bonds is 3. The van der Waals surface area contributed by atoms with Gasteiger partial charge in [0.2, 0.25) is 0 Å². The van der Waals surface area contributed by atoms with Crippen LogP contribution in [0.5, 0.6) is 0 Å². The van der Waals surface area contributed by atoms with E-state index >= 15 is 0 Å². The highest BCUT2D eigenvalue weighted by Gasteiger charge is 2.15. The van der Waals surface area contributed by atoms with Gasteiger partial charge in [-0.15, -0.1) is 0 Å². The van der Waals surface area contributed by atoms with Gasteiger partial charge in [0.1, 0.15) is 5.82 Å². The third kappa shape index (κ3) is 1.92. The molecule has 2 N–H and O–H groups in total. The molecule has 2 aromatic rings. The van der Waals surface area contributed by atoms with E-state index in [0.29, 0.717) is 12.4 Å². The van der Waals surface area contributed by atoms with E-state index in [1.165, 1.54) is 7.11 Å². The lowest BCUT2D eigenvalue weighted by atomic mass is 10.3. The molecule has 0 unspecified atom stereocenters. The predicted octanol–water partition coefficient (Wildman–Crippen LogP) is 1.36. The van der Waals surface area contributed by atoms with Crippen molar-refractivity contribution >= 4 is 23.1 Å². The number of thiophene rings is 1. The van der Waals surface area contributed by atoms with Gasteiger partial charge >= 0.3 is 5.97 Å². The van der Waals surface area contributed by atoms with Crippen molar-refractivity contribution in [2.24, 2.45) is 0 Å². The molecule has 2 aromatic heterocycles. The second-order valence-electron chi connectivity index (χ2n) is 3.23. The van der Waals surface area contributed by atoms with E-state index in [1.807, 2.05) is 16.8 Å². The highest BCUT2D eigenvalue weighted by molar-refractivity contribution is 7.07. The third-order valence-electron chi connectivity index (χ3n) is 2.19. The predicted molar refractivity (Wildman–Crippen MR) is 61.4 cm³/mol. The minimum absolute atomic E-state index is 0.165. The molecule has 84 valence electrons. The molecule has 6 heteroatoms. The van der Waals surface area contributed by atoms with Crippen molar-refractivity contribution in [3.8, 4) is 0 Å². The van der Waals surface area contributed by atoms with Crippen molar-refractivity contribution in [3.05, 3.63) is 34.4 Å². The standard InChI is InChI=1S/C10H11N3O2S/c1-15-10(14)8-9(11)13(6-12-8)4-7-2-3-16-5-7/h2-3,5-6H,4,11H2,1H3. The summed E-state index contributed by atoms with van der Waals surface area (Å²) in [5.74, 6) is -0.181. The fourth-order valence-corrected chi connectivity index (χ4v) is 2.01. The van der Waals surface area contributed by atoms with Gasteiger partial charge in [-0.05, 0) is 22.4 Å². The van der Waals surface area contributed by atoms with Crippen LogP contribution in [0.1, 0.15) is 16.1 Å². The van der Waals surface area contributed by atoms with Crippen molar-refractivity contribution in [1.29, 1.82) is 0 Å². The van der Waals surface area contributed by atoms with Gasteiger partial charge in [0.05, 0.1) is 20.0 Å². The summed E-state index contributed by atoms with van der Waals surface area (Å²) < 4.78 is 6.29. The number of hydrogen-bond acceptors (Lipinski definition) is 5. The Morgan fingerprint density at radius 3 is 3.12 bits per heavy atom. The molecule has 0 aliphatic heterocycles. The fourth-order valence-electron chi connectivity index (χ4n) is 1.35. The first-order chi connectivity index (χ1) is 7.72. The number of carbonyl (C=O) groups excluding carboxylic acids is 1. The number of ether oxygens (including phenoxy) is 1. The Hall–Kier alpha value is -1.82. The third-order valence-corrected chi connectivity index (χ3v) is 2.92. The van der Waals surface area contributed by atoms with Crippen LogP contribution >= 0.6 is 11.3 Å². The number of hydrogen-bond donors (Lipinski definition) is 1. The summed E-state index contributed by atoms with van der Waals surface area (Å²) in [5.41, 5.74) is 7.09. The smallest absolute Gasteiger partial charge is 0.360 e. The molecule has 0 bridgehead atoms. The van der Waals surface area contributed by atoms with E-state index in [9.17, 15) is 4.79 Å². The number of nitrogen functional groups attached to an aromatic ring is 1. The van der Waals surface area contributed by atoms with E-state index in [2.05, 4.69) is 9.72 Å². The summed E-state index contributed by atoms with van der Waals surface area (Å²) in [7, 11) is 1.31. The molecular formula is C10H11N3O2S. The summed E-state index contributed by atoms with van der Waals surface area (Å²) in [4.78, 5) is 15.2. The summed E-state index contributed by atoms with van der Waals surface area (Å²) in [6.07, 6.45) is 1.54. The van der Waals surface area contributed by atoms with Crippen LogP contribution in [0.3, 0.4) is 0 Å². The van der Waals surface area contributed by atoms with Crippen LogP contribution in [0.15, 0.2) is 23.2 Å². The number of nitrogens with zero attached hydrogens (tertiary/aromatic N) is 2. The van der Waals surface area contributed by atoms with Gasteiger partial charge in [0.25, 0.3) is 0 Å². The van der Waals surface area contributed by atoms with Crippen molar-refractivity contribution in [1.82, 2.24) is 9.55 Å². The Labute approximate surface area is 96.5 Å². The summed E-state index contributed by atoms with van der Waals surface area (Å²) >= 11 is 1.62. The van der Waals surface area contributed by atoms with E-state index in [0.717, 1.165) is 5.56 Å². The van der Waals surface area contributed by atoms with Crippen LogP contribution in [0.2, 0.25) is 0 Å². The quantitative estimate of drug-likeness (QED) is 0.818. The molecule has 0 saturated heterocycles. The van der Waals surface area contributed by atoms with Crippen LogP contribution in [0.4, 0.5) is 5.82 Å². The van der Waals surface area contributed by atoms with Gasteiger partial charge in [-0.1, -0.05) is 0 Å².